The van der Waals surface area contributed by atoms with Crippen molar-refractivity contribution in [3.8, 4) is 0 Å². The number of rotatable bonds is 4. The van der Waals surface area contributed by atoms with Crippen LogP contribution in [-0.2, 0) is 17.8 Å². The first-order chi connectivity index (χ1) is 9.60. The summed E-state index contributed by atoms with van der Waals surface area (Å²) in [6, 6.07) is 13.6. The lowest BCUT2D eigenvalue weighted by Crippen LogP contribution is -2.16. The van der Waals surface area contributed by atoms with Gasteiger partial charge in [-0.15, -0.1) is 0 Å². The fraction of sp³-hybridized carbons (Fsp3) is 0.188. The van der Waals surface area contributed by atoms with E-state index in [0.29, 0.717) is 13.0 Å². The Bertz CT molecular complexity index is 626. The number of benzene rings is 2. The van der Waals surface area contributed by atoms with Crippen LogP contribution >= 0.6 is 15.9 Å². The monoisotopic (exact) mass is 332 g/mol. The van der Waals surface area contributed by atoms with E-state index in [1.54, 1.807) is 0 Å². The van der Waals surface area contributed by atoms with Gasteiger partial charge in [0.15, 0.2) is 0 Å². The van der Waals surface area contributed by atoms with Gasteiger partial charge in [0.1, 0.15) is 0 Å². The molecule has 4 heteroatoms. The predicted molar refractivity (Wildman–Crippen MR) is 85.5 cm³/mol. The molecule has 2 rings (SSSR count). The molecule has 0 bridgehead atoms. The number of anilines is 1. The second-order valence-corrected chi connectivity index (χ2v) is 5.54. The summed E-state index contributed by atoms with van der Waals surface area (Å²) >= 11 is 3.45. The van der Waals surface area contributed by atoms with Crippen molar-refractivity contribution < 1.29 is 4.79 Å². The van der Waals surface area contributed by atoms with E-state index in [1.165, 1.54) is 0 Å². The third-order valence-corrected chi connectivity index (χ3v) is 3.74. The molecule has 0 spiro atoms. The number of hydrogen-bond acceptors (Lipinski definition) is 2. The summed E-state index contributed by atoms with van der Waals surface area (Å²) < 4.78 is 0.887. The van der Waals surface area contributed by atoms with Crippen LogP contribution < -0.4 is 11.1 Å². The first-order valence-electron chi connectivity index (χ1n) is 6.43. The summed E-state index contributed by atoms with van der Waals surface area (Å²) in [4.78, 5) is 12.1. The quantitative estimate of drug-likeness (QED) is 0.901. The number of carbonyl (C=O) groups excluding carboxylic acids is 1. The topological polar surface area (TPSA) is 55.1 Å². The fourth-order valence-electron chi connectivity index (χ4n) is 2.02. The van der Waals surface area contributed by atoms with Crippen LogP contribution in [-0.4, -0.2) is 5.91 Å². The molecule has 0 saturated carbocycles. The highest BCUT2D eigenvalue weighted by Crippen LogP contribution is 2.23. The number of nitrogens with two attached hydrogens (primary N) is 1. The third kappa shape index (κ3) is 3.68. The Labute approximate surface area is 127 Å². The van der Waals surface area contributed by atoms with Gasteiger partial charge < -0.3 is 11.1 Å². The molecule has 3 nitrogen and oxygen atoms in total. The predicted octanol–water partition coefficient (Wildman–Crippen LogP) is 3.40. The van der Waals surface area contributed by atoms with Crippen LogP contribution in [0.4, 0.5) is 5.69 Å². The number of amides is 1. The van der Waals surface area contributed by atoms with Gasteiger partial charge in [0.2, 0.25) is 5.91 Å². The van der Waals surface area contributed by atoms with Crippen molar-refractivity contribution in [2.75, 3.05) is 5.32 Å². The molecular weight excluding hydrogens is 316 g/mol. The van der Waals surface area contributed by atoms with E-state index in [9.17, 15) is 4.79 Å². The van der Waals surface area contributed by atoms with Crippen LogP contribution in [0.25, 0.3) is 0 Å². The Morgan fingerprint density at radius 3 is 2.55 bits per heavy atom. The molecule has 0 unspecified atom stereocenters. The zero-order valence-corrected chi connectivity index (χ0v) is 12.9. The van der Waals surface area contributed by atoms with E-state index >= 15 is 0 Å². The summed E-state index contributed by atoms with van der Waals surface area (Å²) in [5.41, 5.74) is 9.58. The number of carbonyl (C=O) groups is 1. The average molecular weight is 333 g/mol. The molecule has 1 amide bonds. The molecule has 0 radical (unpaired) electrons. The molecule has 104 valence electrons. The van der Waals surface area contributed by atoms with Crippen molar-refractivity contribution in [3.05, 3.63) is 63.6 Å². The Morgan fingerprint density at radius 2 is 1.90 bits per heavy atom. The van der Waals surface area contributed by atoms with E-state index in [4.69, 9.17) is 5.73 Å². The van der Waals surface area contributed by atoms with Crippen molar-refractivity contribution in [1.82, 2.24) is 0 Å². The lowest BCUT2D eigenvalue weighted by molar-refractivity contribution is -0.115. The molecule has 3 N–H and O–H groups in total. The van der Waals surface area contributed by atoms with Gasteiger partial charge in [0.25, 0.3) is 0 Å². The van der Waals surface area contributed by atoms with Gasteiger partial charge in [0.05, 0.1) is 12.1 Å². The Kier molecular flexibility index (Phi) is 4.93. The maximum Gasteiger partial charge on any atom is 0.228 e. The number of hydrogen-bond donors (Lipinski definition) is 2. The van der Waals surface area contributed by atoms with Crippen molar-refractivity contribution in [2.45, 2.75) is 19.9 Å². The molecule has 2 aromatic rings. The van der Waals surface area contributed by atoms with Crippen molar-refractivity contribution >= 4 is 27.5 Å². The lowest BCUT2D eigenvalue weighted by Gasteiger charge is -2.10. The molecule has 0 heterocycles. The minimum atomic E-state index is -0.0459. The maximum atomic E-state index is 12.1. The van der Waals surface area contributed by atoms with E-state index in [2.05, 4.69) is 21.2 Å². The summed E-state index contributed by atoms with van der Waals surface area (Å²) in [7, 11) is 0. The van der Waals surface area contributed by atoms with E-state index in [-0.39, 0.29) is 5.91 Å². The third-order valence-electron chi connectivity index (χ3n) is 3.09. The second kappa shape index (κ2) is 6.68. The highest BCUT2D eigenvalue weighted by atomic mass is 79.9. The van der Waals surface area contributed by atoms with Crippen LogP contribution in [0.2, 0.25) is 0 Å². The number of halogens is 1. The van der Waals surface area contributed by atoms with Gasteiger partial charge in [-0.05, 0) is 51.7 Å². The van der Waals surface area contributed by atoms with Crippen LogP contribution in [0.5, 0.6) is 0 Å². The Morgan fingerprint density at radius 1 is 1.20 bits per heavy atom. The standard InChI is InChI=1S/C16H17BrN2O/c1-11-6-7-15(14(17)8-11)19-16(20)9-12-4-2-3-5-13(12)10-18/h2-8H,9-10,18H2,1H3,(H,19,20). The largest absolute Gasteiger partial charge is 0.326 e. The van der Waals surface area contributed by atoms with Gasteiger partial charge in [-0.2, -0.15) is 0 Å². The minimum Gasteiger partial charge on any atom is -0.326 e. The minimum absolute atomic E-state index is 0.0459. The lowest BCUT2D eigenvalue weighted by atomic mass is 10.0. The second-order valence-electron chi connectivity index (χ2n) is 4.68. The number of aryl methyl sites for hydroxylation is 1. The van der Waals surface area contributed by atoms with Gasteiger partial charge in [0, 0.05) is 11.0 Å². The van der Waals surface area contributed by atoms with E-state index in [0.717, 1.165) is 26.9 Å². The molecule has 0 aliphatic carbocycles. The molecule has 0 atom stereocenters. The molecule has 2 aromatic carbocycles. The first-order valence-corrected chi connectivity index (χ1v) is 7.22. The van der Waals surface area contributed by atoms with Crippen LogP contribution in [0, 0.1) is 6.92 Å². The highest BCUT2D eigenvalue weighted by molar-refractivity contribution is 9.10. The average Bonchev–Trinajstić information content (AvgIpc) is 2.42. The van der Waals surface area contributed by atoms with Crippen molar-refractivity contribution in [3.63, 3.8) is 0 Å². The van der Waals surface area contributed by atoms with Crippen LogP contribution in [0.3, 0.4) is 0 Å². The highest BCUT2D eigenvalue weighted by Gasteiger charge is 2.09. The molecule has 0 saturated heterocycles. The summed E-state index contributed by atoms with van der Waals surface area (Å²) in [6.07, 6.45) is 0.327. The molecule has 20 heavy (non-hydrogen) atoms. The summed E-state index contributed by atoms with van der Waals surface area (Å²) in [5.74, 6) is -0.0459. The van der Waals surface area contributed by atoms with E-state index < -0.39 is 0 Å². The summed E-state index contributed by atoms with van der Waals surface area (Å²) in [6.45, 7) is 2.45. The van der Waals surface area contributed by atoms with Gasteiger partial charge >= 0.3 is 0 Å². The smallest absolute Gasteiger partial charge is 0.228 e. The molecule has 0 aliphatic heterocycles. The van der Waals surface area contributed by atoms with Gasteiger partial charge in [-0.25, -0.2) is 0 Å². The zero-order valence-electron chi connectivity index (χ0n) is 11.3. The fourth-order valence-corrected chi connectivity index (χ4v) is 2.61. The first kappa shape index (κ1) is 14.8. The van der Waals surface area contributed by atoms with Gasteiger partial charge in [-0.3, -0.25) is 4.79 Å². The van der Waals surface area contributed by atoms with Crippen LogP contribution in [0.1, 0.15) is 16.7 Å². The van der Waals surface area contributed by atoms with Crippen LogP contribution in [0.15, 0.2) is 46.9 Å². The maximum absolute atomic E-state index is 12.1. The molecule has 0 aromatic heterocycles. The number of nitrogens with one attached hydrogen (secondary N) is 1. The molecular formula is C16H17BrN2O. The molecule has 0 aliphatic rings. The van der Waals surface area contributed by atoms with Gasteiger partial charge in [-0.1, -0.05) is 30.3 Å². The van der Waals surface area contributed by atoms with Crippen molar-refractivity contribution in [2.24, 2.45) is 5.73 Å². The van der Waals surface area contributed by atoms with E-state index in [1.807, 2.05) is 49.4 Å². The Hall–Kier alpha value is -1.65. The van der Waals surface area contributed by atoms with Crippen molar-refractivity contribution in [1.29, 1.82) is 0 Å². The summed E-state index contributed by atoms with van der Waals surface area (Å²) in [5, 5.41) is 2.91. The Balaban J connectivity index is 2.09. The SMILES string of the molecule is Cc1ccc(NC(=O)Cc2ccccc2CN)c(Br)c1. The molecule has 0 fully saturated rings. The zero-order chi connectivity index (χ0) is 14.5. The normalized spacial score (nSPS) is 10.3.